The fraction of sp³-hybridized carbons (Fsp3) is 0.643. The van der Waals surface area contributed by atoms with Crippen LogP contribution < -0.4 is 0 Å². The summed E-state index contributed by atoms with van der Waals surface area (Å²) in [6.45, 7) is 7.49. The Balaban J connectivity index is 1.63. The molecule has 0 amide bonds. The third-order valence-corrected chi connectivity index (χ3v) is 3.79. The lowest BCUT2D eigenvalue weighted by molar-refractivity contribution is -0.0374. The number of nitrogens with one attached hydrogen (secondary N) is 2. The Labute approximate surface area is 124 Å². The molecule has 0 radical (unpaired) electrons. The first kappa shape index (κ1) is 14.2. The van der Waals surface area contributed by atoms with Crippen LogP contribution in [0.1, 0.15) is 42.4 Å². The molecule has 1 aliphatic rings. The number of ether oxygens (including phenoxy) is 1. The molecule has 1 saturated heterocycles. The van der Waals surface area contributed by atoms with E-state index in [1.807, 2.05) is 6.20 Å². The molecule has 3 rings (SSSR count). The topological polar surface area (TPSA) is 82.7 Å². The molecule has 0 spiro atoms. The summed E-state index contributed by atoms with van der Waals surface area (Å²) in [5.74, 6) is 1.71. The molecule has 0 aromatic carbocycles. The summed E-state index contributed by atoms with van der Waals surface area (Å²) in [4.78, 5) is 6.89. The van der Waals surface area contributed by atoms with Gasteiger partial charge in [-0.1, -0.05) is 6.92 Å². The van der Waals surface area contributed by atoms with Crippen LogP contribution in [0.5, 0.6) is 0 Å². The maximum absolute atomic E-state index is 5.82. The van der Waals surface area contributed by atoms with Crippen LogP contribution in [0.25, 0.3) is 0 Å². The van der Waals surface area contributed by atoms with Gasteiger partial charge in [-0.05, 0) is 18.9 Å². The lowest BCUT2D eigenvalue weighted by Crippen LogP contribution is -2.38. The fourth-order valence-electron chi connectivity index (χ4n) is 2.56. The van der Waals surface area contributed by atoms with Gasteiger partial charge in [0.15, 0.2) is 5.82 Å². The molecule has 0 aliphatic carbocycles. The second-order valence-corrected chi connectivity index (χ2v) is 5.52. The summed E-state index contributed by atoms with van der Waals surface area (Å²) < 4.78 is 5.82. The average molecular weight is 290 g/mol. The van der Waals surface area contributed by atoms with E-state index in [1.54, 1.807) is 0 Å². The van der Waals surface area contributed by atoms with E-state index in [4.69, 9.17) is 4.74 Å². The second-order valence-electron chi connectivity index (χ2n) is 5.52. The minimum atomic E-state index is -0.0520. The Hall–Kier alpha value is -1.73. The van der Waals surface area contributed by atoms with Crippen LogP contribution in [0, 0.1) is 6.92 Å². The molecule has 1 atom stereocenters. The first-order valence-corrected chi connectivity index (χ1v) is 7.50. The summed E-state index contributed by atoms with van der Waals surface area (Å²) in [5, 5.41) is 14.4. The monoisotopic (exact) mass is 290 g/mol. The summed E-state index contributed by atoms with van der Waals surface area (Å²) in [5.41, 5.74) is 2.36. The van der Waals surface area contributed by atoms with Gasteiger partial charge < -0.3 is 4.74 Å². The van der Waals surface area contributed by atoms with E-state index in [0.717, 1.165) is 49.8 Å². The number of aromatic amines is 2. The van der Waals surface area contributed by atoms with E-state index in [9.17, 15) is 0 Å². The number of aromatic nitrogens is 5. The molecule has 7 nitrogen and oxygen atoms in total. The van der Waals surface area contributed by atoms with Crippen molar-refractivity contribution in [1.82, 2.24) is 30.3 Å². The molecule has 0 bridgehead atoms. The van der Waals surface area contributed by atoms with Crippen molar-refractivity contribution in [3.8, 4) is 0 Å². The van der Waals surface area contributed by atoms with Gasteiger partial charge in [-0.2, -0.15) is 10.2 Å². The number of nitrogens with zero attached hydrogens (tertiary/aromatic N) is 4. The van der Waals surface area contributed by atoms with Gasteiger partial charge in [0.1, 0.15) is 11.9 Å². The zero-order chi connectivity index (χ0) is 14.7. The van der Waals surface area contributed by atoms with E-state index < -0.39 is 0 Å². The molecular weight excluding hydrogens is 268 g/mol. The first-order valence-electron chi connectivity index (χ1n) is 7.50. The second kappa shape index (κ2) is 6.36. The van der Waals surface area contributed by atoms with Gasteiger partial charge in [0.05, 0.1) is 18.5 Å². The van der Waals surface area contributed by atoms with Gasteiger partial charge in [-0.15, -0.1) is 0 Å². The van der Waals surface area contributed by atoms with Gasteiger partial charge in [0, 0.05) is 26.1 Å². The Bertz CT molecular complexity index is 578. The summed E-state index contributed by atoms with van der Waals surface area (Å²) in [6, 6.07) is 0. The minimum absolute atomic E-state index is 0.0520. The van der Waals surface area contributed by atoms with Crippen LogP contribution >= 0.6 is 0 Å². The zero-order valence-corrected chi connectivity index (χ0v) is 12.6. The van der Waals surface area contributed by atoms with E-state index >= 15 is 0 Å². The molecule has 7 heteroatoms. The smallest absolute Gasteiger partial charge is 0.180 e. The van der Waals surface area contributed by atoms with E-state index in [-0.39, 0.29) is 6.10 Å². The first-order chi connectivity index (χ1) is 10.3. The minimum Gasteiger partial charge on any atom is -0.367 e. The Morgan fingerprint density at radius 1 is 1.43 bits per heavy atom. The third kappa shape index (κ3) is 3.30. The molecule has 0 saturated carbocycles. The predicted octanol–water partition coefficient (Wildman–Crippen LogP) is 1.36. The molecule has 1 aliphatic heterocycles. The van der Waals surface area contributed by atoms with Crippen LogP contribution in [-0.4, -0.2) is 50.0 Å². The standard InChI is InChI=1S/C14H22N6O/c1-3-4-13-16-14(19-18-13)12-9-20(5-6-21-12)8-11-10(2)7-15-17-11/h7,12H,3-6,8-9H2,1-2H3,(H,15,17)(H,16,18,19). The van der Waals surface area contributed by atoms with Crippen LogP contribution in [0.4, 0.5) is 0 Å². The normalized spacial score (nSPS) is 20.0. The van der Waals surface area contributed by atoms with Crippen molar-refractivity contribution >= 4 is 0 Å². The van der Waals surface area contributed by atoms with E-state index in [2.05, 4.69) is 44.1 Å². The van der Waals surface area contributed by atoms with Crippen molar-refractivity contribution in [2.24, 2.45) is 0 Å². The largest absolute Gasteiger partial charge is 0.367 e. The number of rotatable bonds is 5. The molecule has 1 fully saturated rings. The molecule has 2 N–H and O–H groups in total. The lowest BCUT2D eigenvalue weighted by Gasteiger charge is -2.31. The lowest BCUT2D eigenvalue weighted by atomic mass is 10.2. The number of morpholine rings is 1. The maximum atomic E-state index is 5.82. The van der Waals surface area contributed by atoms with Crippen molar-refractivity contribution in [1.29, 1.82) is 0 Å². The molecule has 3 heterocycles. The predicted molar refractivity (Wildman–Crippen MR) is 77.7 cm³/mol. The van der Waals surface area contributed by atoms with Crippen molar-refractivity contribution in [3.63, 3.8) is 0 Å². The Morgan fingerprint density at radius 2 is 2.33 bits per heavy atom. The fourth-order valence-corrected chi connectivity index (χ4v) is 2.56. The highest BCUT2D eigenvalue weighted by molar-refractivity contribution is 5.13. The SMILES string of the molecule is CCCc1nc(C2CN(Cc3[nH]ncc3C)CCO2)n[nH]1. The van der Waals surface area contributed by atoms with Crippen molar-refractivity contribution in [3.05, 3.63) is 29.1 Å². The van der Waals surface area contributed by atoms with Gasteiger partial charge in [-0.25, -0.2) is 4.98 Å². The van der Waals surface area contributed by atoms with Crippen LogP contribution in [0.2, 0.25) is 0 Å². The molecule has 114 valence electrons. The number of aryl methyl sites for hydroxylation is 2. The molecule has 2 aromatic rings. The van der Waals surface area contributed by atoms with Crippen LogP contribution in [-0.2, 0) is 17.7 Å². The van der Waals surface area contributed by atoms with Gasteiger partial charge in [-0.3, -0.25) is 15.1 Å². The molecular formula is C14H22N6O. The summed E-state index contributed by atoms with van der Waals surface area (Å²) in [7, 11) is 0. The third-order valence-electron chi connectivity index (χ3n) is 3.79. The zero-order valence-electron chi connectivity index (χ0n) is 12.6. The van der Waals surface area contributed by atoms with Gasteiger partial charge in [0.2, 0.25) is 0 Å². The quantitative estimate of drug-likeness (QED) is 0.869. The van der Waals surface area contributed by atoms with Crippen molar-refractivity contribution < 1.29 is 4.74 Å². The molecule has 21 heavy (non-hydrogen) atoms. The highest BCUT2D eigenvalue weighted by Crippen LogP contribution is 2.21. The Kier molecular flexibility index (Phi) is 4.31. The molecule has 2 aromatic heterocycles. The number of hydrogen-bond donors (Lipinski definition) is 2. The van der Waals surface area contributed by atoms with Crippen molar-refractivity contribution in [2.45, 2.75) is 39.3 Å². The highest BCUT2D eigenvalue weighted by Gasteiger charge is 2.25. The number of hydrogen-bond acceptors (Lipinski definition) is 5. The van der Waals surface area contributed by atoms with E-state index in [0.29, 0.717) is 6.61 Å². The molecule has 1 unspecified atom stereocenters. The van der Waals surface area contributed by atoms with Gasteiger partial charge in [0.25, 0.3) is 0 Å². The summed E-state index contributed by atoms with van der Waals surface area (Å²) >= 11 is 0. The highest BCUT2D eigenvalue weighted by atomic mass is 16.5. The average Bonchev–Trinajstić information content (AvgIpc) is 3.10. The van der Waals surface area contributed by atoms with Crippen LogP contribution in [0.15, 0.2) is 6.20 Å². The number of H-pyrrole nitrogens is 2. The maximum Gasteiger partial charge on any atom is 0.180 e. The van der Waals surface area contributed by atoms with E-state index in [1.165, 1.54) is 5.56 Å². The summed E-state index contributed by atoms with van der Waals surface area (Å²) in [6.07, 6.45) is 3.80. The van der Waals surface area contributed by atoms with Gasteiger partial charge >= 0.3 is 0 Å². The van der Waals surface area contributed by atoms with Crippen LogP contribution in [0.3, 0.4) is 0 Å². The van der Waals surface area contributed by atoms with Crippen molar-refractivity contribution in [2.75, 3.05) is 19.7 Å². The Morgan fingerprint density at radius 3 is 3.10 bits per heavy atom.